The van der Waals surface area contributed by atoms with Crippen LogP contribution in [0.1, 0.15) is 37.4 Å². The van der Waals surface area contributed by atoms with Crippen LogP contribution in [0, 0.1) is 0 Å². The summed E-state index contributed by atoms with van der Waals surface area (Å²) in [7, 11) is 0. The van der Waals surface area contributed by atoms with Crippen LogP contribution in [-0.4, -0.2) is 29.4 Å². The molecule has 0 aliphatic rings. The second-order valence-electron chi connectivity index (χ2n) is 4.18. The monoisotopic (exact) mass is 302 g/mol. The number of hydrogen-bond acceptors (Lipinski definition) is 6. The van der Waals surface area contributed by atoms with Gasteiger partial charge in [0.05, 0.1) is 17.3 Å². The standard InChI is InChI=1S/C13H22N2O2S2/c1-3-5-12-15-10(9-19-12)8-18-7-6-11(14)13(16)17-4-2/h9,11H,3-8,14H2,1-2H3. The van der Waals surface area contributed by atoms with Crippen LogP contribution in [0.4, 0.5) is 0 Å². The van der Waals surface area contributed by atoms with Crippen molar-refractivity contribution in [2.75, 3.05) is 12.4 Å². The maximum atomic E-state index is 11.3. The molecule has 1 unspecified atom stereocenters. The number of aryl methyl sites for hydroxylation is 1. The van der Waals surface area contributed by atoms with Gasteiger partial charge in [-0.15, -0.1) is 11.3 Å². The van der Waals surface area contributed by atoms with E-state index in [0.717, 1.165) is 30.0 Å². The van der Waals surface area contributed by atoms with E-state index in [0.29, 0.717) is 13.0 Å². The number of nitrogens with zero attached hydrogens (tertiary/aromatic N) is 1. The Morgan fingerprint density at radius 2 is 2.37 bits per heavy atom. The number of thiazole rings is 1. The summed E-state index contributed by atoms with van der Waals surface area (Å²) >= 11 is 3.48. The summed E-state index contributed by atoms with van der Waals surface area (Å²) in [5.74, 6) is 1.43. The summed E-state index contributed by atoms with van der Waals surface area (Å²) in [4.78, 5) is 15.9. The van der Waals surface area contributed by atoms with E-state index >= 15 is 0 Å². The van der Waals surface area contributed by atoms with Gasteiger partial charge in [0.15, 0.2) is 0 Å². The van der Waals surface area contributed by atoms with Gasteiger partial charge in [0.25, 0.3) is 0 Å². The lowest BCUT2D eigenvalue weighted by molar-refractivity contribution is -0.144. The second-order valence-corrected chi connectivity index (χ2v) is 6.23. The highest BCUT2D eigenvalue weighted by atomic mass is 32.2. The molecule has 6 heteroatoms. The average Bonchev–Trinajstić information content (AvgIpc) is 2.83. The molecular weight excluding hydrogens is 280 g/mol. The van der Waals surface area contributed by atoms with Gasteiger partial charge in [0.2, 0.25) is 0 Å². The third-order valence-corrected chi connectivity index (χ3v) is 4.46. The predicted molar refractivity (Wildman–Crippen MR) is 81.5 cm³/mol. The van der Waals surface area contributed by atoms with Crippen molar-refractivity contribution in [3.05, 3.63) is 16.1 Å². The molecule has 1 heterocycles. The lowest BCUT2D eigenvalue weighted by Crippen LogP contribution is -2.32. The number of ether oxygens (including phenoxy) is 1. The Balaban J connectivity index is 2.17. The third kappa shape index (κ3) is 6.40. The van der Waals surface area contributed by atoms with E-state index in [1.807, 2.05) is 0 Å². The summed E-state index contributed by atoms with van der Waals surface area (Å²) in [6, 6.07) is -0.501. The van der Waals surface area contributed by atoms with Gasteiger partial charge in [0.1, 0.15) is 6.04 Å². The number of esters is 1. The van der Waals surface area contributed by atoms with Crippen molar-refractivity contribution in [3.8, 4) is 0 Å². The minimum absolute atomic E-state index is 0.304. The van der Waals surface area contributed by atoms with Crippen LogP contribution in [0.3, 0.4) is 0 Å². The second kappa shape index (κ2) is 9.34. The van der Waals surface area contributed by atoms with Crippen LogP contribution in [0.5, 0.6) is 0 Å². The lowest BCUT2D eigenvalue weighted by atomic mass is 10.2. The van der Waals surface area contributed by atoms with Gasteiger partial charge in [-0.2, -0.15) is 11.8 Å². The van der Waals surface area contributed by atoms with Crippen molar-refractivity contribution in [3.63, 3.8) is 0 Å². The quantitative estimate of drug-likeness (QED) is 0.561. The van der Waals surface area contributed by atoms with Gasteiger partial charge in [-0.3, -0.25) is 4.79 Å². The van der Waals surface area contributed by atoms with Crippen molar-refractivity contribution in [2.45, 2.75) is 44.9 Å². The number of hydrogen-bond donors (Lipinski definition) is 1. The number of carbonyl (C=O) groups is 1. The van der Waals surface area contributed by atoms with Crippen LogP contribution in [0.2, 0.25) is 0 Å². The molecule has 108 valence electrons. The Hall–Kier alpha value is -0.590. The highest BCUT2D eigenvalue weighted by Gasteiger charge is 2.13. The fourth-order valence-electron chi connectivity index (χ4n) is 1.50. The summed E-state index contributed by atoms with van der Waals surface area (Å²) < 4.78 is 4.87. The molecule has 0 fully saturated rings. The first-order valence-corrected chi connectivity index (χ1v) is 8.64. The fraction of sp³-hybridized carbons (Fsp3) is 0.692. The molecule has 0 amide bonds. The first-order chi connectivity index (χ1) is 9.17. The van der Waals surface area contributed by atoms with Gasteiger partial charge in [0, 0.05) is 11.1 Å². The number of aromatic nitrogens is 1. The van der Waals surface area contributed by atoms with Gasteiger partial charge < -0.3 is 10.5 Å². The maximum Gasteiger partial charge on any atom is 0.322 e. The molecule has 4 nitrogen and oxygen atoms in total. The Morgan fingerprint density at radius 1 is 1.58 bits per heavy atom. The van der Waals surface area contributed by atoms with E-state index in [1.165, 1.54) is 5.01 Å². The molecule has 19 heavy (non-hydrogen) atoms. The zero-order valence-electron chi connectivity index (χ0n) is 11.6. The highest BCUT2D eigenvalue weighted by molar-refractivity contribution is 7.98. The fourth-order valence-corrected chi connectivity index (χ4v) is 3.43. The summed E-state index contributed by atoms with van der Waals surface area (Å²) in [5.41, 5.74) is 6.85. The Labute approximate surface area is 123 Å². The van der Waals surface area contributed by atoms with Crippen LogP contribution in [-0.2, 0) is 21.7 Å². The lowest BCUT2D eigenvalue weighted by Gasteiger charge is -2.09. The van der Waals surface area contributed by atoms with Crippen LogP contribution >= 0.6 is 23.1 Å². The van der Waals surface area contributed by atoms with Crippen molar-refractivity contribution in [2.24, 2.45) is 5.73 Å². The van der Waals surface area contributed by atoms with E-state index < -0.39 is 6.04 Å². The molecule has 1 aromatic heterocycles. The molecule has 0 spiro atoms. The first kappa shape index (κ1) is 16.5. The van der Waals surface area contributed by atoms with E-state index in [2.05, 4.69) is 17.3 Å². The van der Waals surface area contributed by atoms with E-state index in [9.17, 15) is 4.79 Å². The van der Waals surface area contributed by atoms with Crippen molar-refractivity contribution >= 4 is 29.1 Å². The van der Waals surface area contributed by atoms with Crippen LogP contribution < -0.4 is 5.73 Å². The van der Waals surface area contributed by atoms with Crippen molar-refractivity contribution < 1.29 is 9.53 Å². The number of carbonyl (C=O) groups excluding carboxylic acids is 1. The minimum Gasteiger partial charge on any atom is -0.465 e. The number of thioether (sulfide) groups is 1. The van der Waals surface area contributed by atoms with Gasteiger partial charge in [-0.1, -0.05) is 6.92 Å². The van der Waals surface area contributed by atoms with E-state index in [1.54, 1.807) is 30.0 Å². The number of rotatable bonds is 9. The molecule has 2 N–H and O–H groups in total. The SMILES string of the molecule is CCCc1nc(CSCCC(N)C(=O)OCC)cs1. The molecule has 1 rings (SSSR count). The predicted octanol–water partition coefficient (Wildman–Crippen LogP) is 2.61. The molecule has 0 saturated carbocycles. The summed E-state index contributed by atoms with van der Waals surface area (Å²) in [6.07, 6.45) is 2.84. The van der Waals surface area contributed by atoms with Crippen LogP contribution in [0.25, 0.3) is 0 Å². The summed E-state index contributed by atoms with van der Waals surface area (Å²) in [6.45, 7) is 4.33. The highest BCUT2D eigenvalue weighted by Crippen LogP contribution is 2.17. The Morgan fingerprint density at radius 3 is 3.05 bits per heavy atom. The third-order valence-electron chi connectivity index (χ3n) is 2.48. The molecule has 0 bridgehead atoms. The van der Waals surface area contributed by atoms with Crippen LogP contribution in [0.15, 0.2) is 5.38 Å². The van der Waals surface area contributed by atoms with Crippen molar-refractivity contribution in [1.29, 1.82) is 0 Å². The first-order valence-electron chi connectivity index (χ1n) is 6.60. The van der Waals surface area contributed by atoms with E-state index in [-0.39, 0.29) is 5.97 Å². The largest absolute Gasteiger partial charge is 0.465 e. The minimum atomic E-state index is -0.501. The zero-order chi connectivity index (χ0) is 14.1. The topological polar surface area (TPSA) is 65.2 Å². The molecule has 0 aliphatic carbocycles. The average molecular weight is 302 g/mol. The zero-order valence-corrected chi connectivity index (χ0v) is 13.2. The summed E-state index contributed by atoms with van der Waals surface area (Å²) in [5, 5.41) is 3.32. The van der Waals surface area contributed by atoms with Crippen molar-refractivity contribution in [1.82, 2.24) is 4.98 Å². The van der Waals surface area contributed by atoms with Gasteiger partial charge in [-0.05, 0) is 31.9 Å². The Bertz CT molecular complexity index is 382. The molecule has 0 radical (unpaired) electrons. The maximum absolute atomic E-state index is 11.3. The molecule has 0 aliphatic heterocycles. The van der Waals surface area contributed by atoms with Gasteiger partial charge in [-0.25, -0.2) is 4.98 Å². The van der Waals surface area contributed by atoms with E-state index in [4.69, 9.17) is 10.5 Å². The number of nitrogens with two attached hydrogens (primary N) is 1. The Kier molecular flexibility index (Phi) is 8.09. The normalized spacial score (nSPS) is 12.4. The smallest absolute Gasteiger partial charge is 0.322 e. The molecule has 1 aromatic rings. The molecule has 0 saturated heterocycles. The molecular formula is C13H22N2O2S2. The molecule has 0 aromatic carbocycles. The van der Waals surface area contributed by atoms with Gasteiger partial charge >= 0.3 is 5.97 Å². The molecule has 1 atom stereocenters.